The fourth-order valence-corrected chi connectivity index (χ4v) is 1.68. The van der Waals surface area contributed by atoms with Crippen molar-refractivity contribution in [1.29, 1.82) is 0 Å². The number of methoxy groups -OCH3 is 1. The van der Waals surface area contributed by atoms with Gasteiger partial charge in [0.1, 0.15) is 11.3 Å². The molecule has 3 N–H and O–H groups in total. The Morgan fingerprint density at radius 1 is 1.42 bits per heavy atom. The van der Waals surface area contributed by atoms with Crippen LogP contribution < -0.4 is 15.8 Å². The van der Waals surface area contributed by atoms with Gasteiger partial charge < -0.3 is 20.7 Å². The normalized spacial score (nSPS) is 9.84. The van der Waals surface area contributed by atoms with E-state index < -0.39 is 0 Å². The Hall–Kier alpha value is -2.24. The zero-order valence-corrected chi connectivity index (χ0v) is 11.4. The van der Waals surface area contributed by atoms with Gasteiger partial charge in [-0.1, -0.05) is 6.07 Å². The summed E-state index contributed by atoms with van der Waals surface area (Å²) in [5.74, 6) is -0.148. The number of rotatable bonds is 5. The monoisotopic (exact) mass is 265 g/mol. The summed E-state index contributed by atoms with van der Waals surface area (Å²) in [7, 11) is 3.00. The number of benzene rings is 1. The first-order chi connectivity index (χ1) is 9.04. The van der Waals surface area contributed by atoms with Crippen molar-refractivity contribution in [2.45, 2.75) is 6.92 Å². The first-order valence-electron chi connectivity index (χ1n) is 5.97. The lowest BCUT2D eigenvalue weighted by atomic mass is 10.1. The van der Waals surface area contributed by atoms with Crippen LogP contribution in [0.1, 0.15) is 17.3 Å². The van der Waals surface area contributed by atoms with Crippen molar-refractivity contribution in [2.75, 3.05) is 33.0 Å². The maximum absolute atomic E-state index is 12.4. The zero-order valence-electron chi connectivity index (χ0n) is 11.4. The Balaban J connectivity index is 3.07. The summed E-state index contributed by atoms with van der Waals surface area (Å²) in [5, 5.41) is 2.48. The summed E-state index contributed by atoms with van der Waals surface area (Å²) < 4.78 is 5.15. The lowest BCUT2D eigenvalue weighted by molar-refractivity contribution is -0.121. The highest BCUT2D eigenvalue weighted by atomic mass is 16.5. The van der Waals surface area contributed by atoms with Crippen molar-refractivity contribution in [2.24, 2.45) is 0 Å². The van der Waals surface area contributed by atoms with Gasteiger partial charge in [-0.15, -0.1) is 0 Å². The predicted molar refractivity (Wildman–Crippen MR) is 73.1 cm³/mol. The maximum Gasteiger partial charge on any atom is 0.260 e. The minimum absolute atomic E-state index is 0.0106. The molecule has 6 heteroatoms. The number of likely N-dealkylation sites (N-methyl/N-ethyl adjacent to an activating group) is 2. The molecule has 0 aliphatic heterocycles. The Labute approximate surface area is 112 Å². The van der Waals surface area contributed by atoms with Gasteiger partial charge in [-0.2, -0.15) is 0 Å². The second-order valence-corrected chi connectivity index (χ2v) is 3.92. The van der Waals surface area contributed by atoms with Gasteiger partial charge in [0, 0.05) is 19.3 Å². The number of anilines is 1. The van der Waals surface area contributed by atoms with E-state index in [4.69, 9.17) is 10.5 Å². The van der Waals surface area contributed by atoms with Gasteiger partial charge in [-0.05, 0) is 19.1 Å². The van der Waals surface area contributed by atoms with Crippen molar-refractivity contribution in [3.05, 3.63) is 23.8 Å². The lowest BCUT2D eigenvalue weighted by Gasteiger charge is -2.21. The highest BCUT2D eigenvalue weighted by molar-refractivity contribution is 6.03. The third-order valence-electron chi connectivity index (χ3n) is 2.77. The largest absolute Gasteiger partial charge is 0.496 e. The maximum atomic E-state index is 12.4. The van der Waals surface area contributed by atoms with Crippen molar-refractivity contribution >= 4 is 17.5 Å². The van der Waals surface area contributed by atoms with Gasteiger partial charge in [-0.3, -0.25) is 9.59 Å². The fourth-order valence-electron chi connectivity index (χ4n) is 1.68. The van der Waals surface area contributed by atoms with Crippen LogP contribution in [-0.4, -0.2) is 44.0 Å². The molecule has 0 saturated heterocycles. The molecule has 0 saturated carbocycles. The predicted octanol–water partition coefficient (Wildman–Crippen LogP) is 0.486. The number of carbonyl (C=O) groups is 2. The van der Waals surface area contributed by atoms with E-state index in [2.05, 4.69) is 5.32 Å². The summed E-state index contributed by atoms with van der Waals surface area (Å²) in [4.78, 5) is 25.2. The molecule has 0 spiro atoms. The van der Waals surface area contributed by atoms with Crippen LogP contribution in [0.5, 0.6) is 5.75 Å². The molecule has 0 atom stereocenters. The lowest BCUT2D eigenvalue weighted by Crippen LogP contribution is -2.39. The van der Waals surface area contributed by atoms with Gasteiger partial charge in [0.2, 0.25) is 5.91 Å². The third-order valence-corrected chi connectivity index (χ3v) is 2.77. The van der Waals surface area contributed by atoms with E-state index >= 15 is 0 Å². The smallest absolute Gasteiger partial charge is 0.260 e. The van der Waals surface area contributed by atoms with Crippen LogP contribution in [0, 0.1) is 0 Å². The number of amides is 2. The molecule has 0 radical (unpaired) electrons. The Morgan fingerprint density at radius 3 is 2.63 bits per heavy atom. The molecule has 0 aliphatic carbocycles. The van der Waals surface area contributed by atoms with E-state index in [1.807, 2.05) is 0 Å². The molecule has 1 aromatic carbocycles. The summed E-state index contributed by atoms with van der Waals surface area (Å²) in [5.41, 5.74) is 6.45. The zero-order chi connectivity index (χ0) is 14.4. The van der Waals surface area contributed by atoms with Gasteiger partial charge in [0.25, 0.3) is 5.91 Å². The Kier molecular flexibility index (Phi) is 5.17. The van der Waals surface area contributed by atoms with Crippen molar-refractivity contribution in [3.8, 4) is 5.75 Å². The molecule has 2 amide bonds. The van der Waals surface area contributed by atoms with E-state index in [1.54, 1.807) is 25.1 Å². The average Bonchev–Trinajstić information content (AvgIpc) is 2.43. The van der Waals surface area contributed by atoms with Crippen LogP contribution in [0.3, 0.4) is 0 Å². The molecule has 104 valence electrons. The molecule has 0 unspecified atom stereocenters. The van der Waals surface area contributed by atoms with Crippen LogP contribution in [0.15, 0.2) is 18.2 Å². The molecule has 1 rings (SSSR count). The number of hydrogen-bond donors (Lipinski definition) is 2. The highest BCUT2D eigenvalue weighted by Crippen LogP contribution is 2.25. The first-order valence-corrected chi connectivity index (χ1v) is 5.97. The van der Waals surface area contributed by atoms with Crippen LogP contribution in [0.25, 0.3) is 0 Å². The fraction of sp³-hybridized carbons (Fsp3) is 0.385. The summed E-state index contributed by atoms with van der Waals surface area (Å²) in [6, 6.07) is 5.00. The molecular formula is C13H19N3O3. The molecule has 0 heterocycles. The summed E-state index contributed by atoms with van der Waals surface area (Å²) >= 11 is 0. The first kappa shape index (κ1) is 14.8. The van der Waals surface area contributed by atoms with Crippen LogP contribution in [-0.2, 0) is 4.79 Å². The minimum Gasteiger partial charge on any atom is -0.496 e. The van der Waals surface area contributed by atoms with Gasteiger partial charge in [0.15, 0.2) is 0 Å². The topological polar surface area (TPSA) is 84.7 Å². The van der Waals surface area contributed by atoms with Gasteiger partial charge in [0.05, 0.1) is 13.7 Å². The standard InChI is InChI=1S/C13H19N3O3/c1-4-16(8-11(17)15-2)13(18)12-9(14)6-5-7-10(12)19-3/h5-7H,4,8,14H2,1-3H3,(H,15,17). The van der Waals surface area contributed by atoms with Crippen molar-refractivity contribution in [1.82, 2.24) is 10.2 Å². The van der Waals surface area contributed by atoms with Crippen LogP contribution in [0.2, 0.25) is 0 Å². The van der Waals surface area contributed by atoms with E-state index in [-0.39, 0.29) is 23.9 Å². The highest BCUT2D eigenvalue weighted by Gasteiger charge is 2.22. The van der Waals surface area contributed by atoms with Gasteiger partial charge in [-0.25, -0.2) is 0 Å². The van der Waals surface area contributed by atoms with Crippen LogP contribution >= 0.6 is 0 Å². The number of nitrogen functional groups attached to an aromatic ring is 1. The quantitative estimate of drug-likeness (QED) is 0.759. The van der Waals surface area contributed by atoms with Crippen molar-refractivity contribution in [3.63, 3.8) is 0 Å². The van der Waals surface area contributed by atoms with Crippen molar-refractivity contribution < 1.29 is 14.3 Å². The number of nitrogens with zero attached hydrogens (tertiary/aromatic N) is 1. The minimum atomic E-state index is -0.318. The number of carbonyl (C=O) groups excluding carboxylic acids is 2. The second-order valence-electron chi connectivity index (χ2n) is 3.92. The Morgan fingerprint density at radius 2 is 2.11 bits per heavy atom. The number of nitrogens with one attached hydrogen (secondary N) is 1. The average molecular weight is 265 g/mol. The van der Waals surface area contributed by atoms with Crippen LogP contribution in [0.4, 0.5) is 5.69 Å². The molecule has 6 nitrogen and oxygen atoms in total. The van der Waals surface area contributed by atoms with E-state index in [0.29, 0.717) is 18.0 Å². The molecule has 1 aromatic rings. The summed E-state index contributed by atoms with van der Waals surface area (Å²) in [6.07, 6.45) is 0. The molecule has 0 aromatic heterocycles. The molecule has 0 bridgehead atoms. The van der Waals surface area contributed by atoms with E-state index in [9.17, 15) is 9.59 Å². The molecular weight excluding hydrogens is 246 g/mol. The second kappa shape index (κ2) is 6.63. The molecule has 0 fully saturated rings. The molecule has 0 aliphatic rings. The molecule has 19 heavy (non-hydrogen) atoms. The van der Waals surface area contributed by atoms with Gasteiger partial charge >= 0.3 is 0 Å². The number of ether oxygens (including phenoxy) is 1. The SMILES string of the molecule is CCN(CC(=O)NC)C(=O)c1c(N)cccc1OC. The van der Waals surface area contributed by atoms with E-state index in [0.717, 1.165) is 0 Å². The number of nitrogens with two attached hydrogens (primary N) is 1. The third kappa shape index (κ3) is 3.37. The summed E-state index contributed by atoms with van der Waals surface area (Å²) in [6.45, 7) is 2.19. The Bertz CT molecular complexity index is 474. The van der Waals surface area contributed by atoms with E-state index in [1.165, 1.54) is 19.1 Å². The number of hydrogen-bond acceptors (Lipinski definition) is 4.